The number of aryl methyl sites for hydroxylation is 1. The summed E-state index contributed by atoms with van der Waals surface area (Å²) in [5.74, 6) is 0.725. The van der Waals surface area contributed by atoms with E-state index in [4.69, 9.17) is 21.3 Å². The Labute approximate surface area is 137 Å². The number of hydrogen-bond donors (Lipinski definition) is 0. The normalized spacial score (nSPS) is 16.0. The number of ether oxygens (including phenoxy) is 1. The molecule has 0 saturated carbocycles. The van der Waals surface area contributed by atoms with Crippen molar-refractivity contribution in [1.29, 1.82) is 0 Å². The third-order valence-corrected chi connectivity index (χ3v) is 4.45. The first kappa shape index (κ1) is 14.5. The summed E-state index contributed by atoms with van der Waals surface area (Å²) in [4.78, 5) is 9.21. The van der Waals surface area contributed by atoms with E-state index in [9.17, 15) is 0 Å². The Hall–Kier alpha value is -1.39. The molecule has 0 saturated heterocycles. The van der Waals surface area contributed by atoms with Crippen molar-refractivity contribution in [2.24, 2.45) is 4.99 Å². The summed E-state index contributed by atoms with van der Waals surface area (Å²) in [7, 11) is 0. The molecule has 0 aliphatic carbocycles. The van der Waals surface area contributed by atoms with E-state index in [1.165, 1.54) is 0 Å². The van der Waals surface area contributed by atoms with Gasteiger partial charge in [0.25, 0.3) is 0 Å². The molecule has 0 atom stereocenters. The number of nitrogens with zero attached hydrogens (tertiary/aromatic N) is 2. The molecule has 0 spiro atoms. The molecule has 1 aliphatic heterocycles. The highest BCUT2D eigenvalue weighted by Crippen LogP contribution is 2.38. The van der Waals surface area contributed by atoms with Gasteiger partial charge in [0.1, 0.15) is 5.75 Å². The molecule has 5 heteroatoms. The first-order chi connectivity index (χ1) is 9.87. The fraction of sp³-hybridized carbons (Fsp3) is 0.250. The molecule has 3 rings (SSSR count). The highest BCUT2D eigenvalue weighted by Gasteiger charge is 2.30. The fourth-order valence-corrected chi connectivity index (χ4v) is 2.83. The highest BCUT2D eigenvalue weighted by atomic mass is 79.9. The number of hydrogen-bond acceptors (Lipinski definition) is 3. The fourth-order valence-electron chi connectivity index (χ4n) is 2.33. The average molecular weight is 366 g/mol. The number of benzene rings is 1. The van der Waals surface area contributed by atoms with Crippen LogP contribution in [0, 0.1) is 6.92 Å². The zero-order valence-corrected chi connectivity index (χ0v) is 14.3. The lowest BCUT2D eigenvalue weighted by molar-refractivity contribution is 0.115. The molecule has 0 N–H and O–H groups in total. The number of pyridine rings is 1. The molecule has 1 aromatic carbocycles. The minimum Gasteiger partial charge on any atom is -0.466 e. The average Bonchev–Trinajstić information content (AvgIpc) is 2.40. The van der Waals surface area contributed by atoms with Crippen molar-refractivity contribution in [2.45, 2.75) is 26.5 Å². The number of aromatic nitrogens is 1. The van der Waals surface area contributed by atoms with E-state index in [1.54, 1.807) is 6.20 Å². The van der Waals surface area contributed by atoms with Gasteiger partial charge in [0.15, 0.2) is 5.72 Å². The summed E-state index contributed by atoms with van der Waals surface area (Å²) in [6, 6.07) is 7.69. The van der Waals surface area contributed by atoms with Crippen molar-refractivity contribution in [3.8, 4) is 5.75 Å². The first-order valence-corrected chi connectivity index (χ1v) is 7.75. The van der Waals surface area contributed by atoms with Gasteiger partial charge in [0, 0.05) is 22.3 Å². The monoisotopic (exact) mass is 364 g/mol. The zero-order chi connectivity index (χ0) is 15.2. The van der Waals surface area contributed by atoms with Crippen molar-refractivity contribution in [3.63, 3.8) is 0 Å². The Kier molecular flexibility index (Phi) is 3.54. The molecule has 1 aromatic heterocycles. The quantitative estimate of drug-likeness (QED) is 0.729. The van der Waals surface area contributed by atoms with Gasteiger partial charge in [0.2, 0.25) is 0 Å². The van der Waals surface area contributed by atoms with Gasteiger partial charge >= 0.3 is 0 Å². The molecule has 2 heterocycles. The van der Waals surface area contributed by atoms with Crippen LogP contribution in [-0.4, -0.2) is 16.4 Å². The lowest BCUT2D eigenvalue weighted by atomic mass is 10.00. The van der Waals surface area contributed by atoms with Crippen molar-refractivity contribution < 1.29 is 4.74 Å². The van der Waals surface area contributed by atoms with Crippen molar-refractivity contribution in [3.05, 3.63) is 56.8 Å². The smallest absolute Gasteiger partial charge is 0.195 e. The highest BCUT2D eigenvalue weighted by molar-refractivity contribution is 9.10. The van der Waals surface area contributed by atoms with Crippen LogP contribution in [0.3, 0.4) is 0 Å². The van der Waals surface area contributed by atoms with Gasteiger partial charge in [-0.25, -0.2) is 4.99 Å². The van der Waals surface area contributed by atoms with Crippen LogP contribution in [0.5, 0.6) is 5.75 Å². The summed E-state index contributed by atoms with van der Waals surface area (Å²) in [5, 5.41) is 0.614. The van der Waals surface area contributed by atoms with Crippen LogP contribution in [-0.2, 0) is 0 Å². The molecule has 0 amide bonds. The Morgan fingerprint density at radius 2 is 2.05 bits per heavy atom. The van der Waals surface area contributed by atoms with Crippen LogP contribution in [0.2, 0.25) is 5.02 Å². The summed E-state index contributed by atoms with van der Waals surface area (Å²) in [6.07, 6.45) is 1.78. The minimum absolute atomic E-state index is 0.614. The predicted molar refractivity (Wildman–Crippen MR) is 88.5 cm³/mol. The first-order valence-electron chi connectivity index (χ1n) is 6.58. The van der Waals surface area contributed by atoms with Gasteiger partial charge in [-0.1, -0.05) is 17.7 Å². The summed E-state index contributed by atoms with van der Waals surface area (Å²) >= 11 is 9.64. The van der Waals surface area contributed by atoms with E-state index in [2.05, 4.69) is 20.9 Å². The molecule has 21 heavy (non-hydrogen) atoms. The van der Waals surface area contributed by atoms with E-state index < -0.39 is 5.72 Å². The van der Waals surface area contributed by atoms with Crippen molar-refractivity contribution >= 4 is 33.2 Å². The van der Waals surface area contributed by atoms with E-state index in [-0.39, 0.29) is 0 Å². The number of halogens is 2. The van der Waals surface area contributed by atoms with Crippen molar-refractivity contribution in [1.82, 2.24) is 4.98 Å². The summed E-state index contributed by atoms with van der Waals surface area (Å²) in [5.41, 5.74) is 3.02. The van der Waals surface area contributed by atoms with Crippen molar-refractivity contribution in [2.75, 3.05) is 0 Å². The molecule has 2 aromatic rings. The van der Waals surface area contributed by atoms with Crippen LogP contribution < -0.4 is 4.74 Å². The number of fused-ring (bicyclic) bond motifs is 1. The van der Waals surface area contributed by atoms with Crippen LogP contribution >= 0.6 is 27.5 Å². The number of aliphatic imine (C=N–C) groups is 1. The lowest BCUT2D eigenvalue weighted by Gasteiger charge is -2.30. The molecule has 0 unspecified atom stereocenters. The van der Waals surface area contributed by atoms with E-state index in [0.29, 0.717) is 5.02 Å². The Bertz CT molecular complexity index is 756. The lowest BCUT2D eigenvalue weighted by Crippen LogP contribution is -2.33. The van der Waals surface area contributed by atoms with Crippen LogP contribution in [0.25, 0.3) is 0 Å². The second kappa shape index (κ2) is 5.11. The second-order valence-corrected chi connectivity index (χ2v) is 6.70. The van der Waals surface area contributed by atoms with Gasteiger partial charge in [-0.15, -0.1) is 0 Å². The summed E-state index contributed by atoms with van der Waals surface area (Å²) < 4.78 is 6.74. The molecule has 3 nitrogen and oxygen atoms in total. The van der Waals surface area contributed by atoms with Crippen LogP contribution in [0.4, 0.5) is 0 Å². The zero-order valence-electron chi connectivity index (χ0n) is 11.9. The second-order valence-electron chi connectivity index (χ2n) is 5.44. The standard InChI is InChI=1S/C16H14BrClN2O/c1-9-5-4-6-19-14(9)15-10-7-11(17)12(18)8-13(10)21-16(2,3)20-15/h4-8H,1-3H3. The summed E-state index contributed by atoms with van der Waals surface area (Å²) in [6.45, 7) is 5.87. The Morgan fingerprint density at radius 3 is 2.76 bits per heavy atom. The van der Waals surface area contributed by atoms with Gasteiger partial charge in [-0.05, 0) is 54.4 Å². The molecular formula is C16H14BrClN2O. The van der Waals surface area contributed by atoms with Gasteiger partial charge < -0.3 is 4.74 Å². The van der Waals surface area contributed by atoms with E-state index in [0.717, 1.165) is 32.8 Å². The third kappa shape index (κ3) is 2.70. The molecular weight excluding hydrogens is 352 g/mol. The molecule has 0 fully saturated rings. The topological polar surface area (TPSA) is 34.5 Å². The maximum Gasteiger partial charge on any atom is 0.195 e. The third-order valence-electron chi connectivity index (χ3n) is 3.25. The van der Waals surface area contributed by atoms with E-state index in [1.807, 2.05) is 45.0 Å². The van der Waals surface area contributed by atoms with E-state index >= 15 is 0 Å². The maximum absolute atomic E-state index is 6.18. The molecule has 1 aliphatic rings. The van der Waals surface area contributed by atoms with Crippen LogP contribution in [0.15, 0.2) is 39.9 Å². The molecule has 0 bridgehead atoms. The van der Waals surface area contributed by atoms with Gasteiger partial charge in [-0.2, -0.15) is 0 Å². The maximum atomic E-state index is 6.18. The Morgan fingerprint density at radius 1 is 1.29 bits per heavy atom. The molecule has 108 valence electrons. The number of rotatable bonds is 1. The Balaban J connectivity index is 2.27. The minimum atomic E-state index is -0.649. The van der Waals surface area contributed by atoms with Gasteiger partial charge in [-0.3, -0.25) is 4.98 Å². The molecule has 0 radical (unpaired) electrons. The van der Waals surface area contributed by atoms with Crippen LogP contribution in [0.1, 0.15) is 30.7 Å². The SMILES string of the molecule is Cc1cccnc1C1=NC(C)(C)Oc2cc(Cl)c(Br)cc21. The largest absolute Gasteiger partial charge is 0.466 e. The van der Waals surface area contributed by atoms with Gasteiger partial charge in [0.05, 0.1) is 16.4 Å². The predicted octanol–water partition coefficient (Wildman–Crippen LogP) is 4.77.